The monoisotopic (exact) mass is 631 g/mol. The van der Waals surface area contributed by atoms with Crippen molar-refractivity contribution in [2.45, 2.75) is 88.7 Å². The standard InChI is InChI=1S/C31H33F4N5O5/c1-29(2,3)45-28(44)40-22-11-12-24(37-21(22)16-36-40)38-26(42)23-15-20(32)17-39(23)27(43)30(13-5-4-6-14-30)19-9-7-18(8-10-19)25(41)31(33,34)35/h7-12,16,20,23H,4-6,13-15,17H2,1-3H3,(H,37,38,42)/t20-,23-/m1/s1. The van der Waals surface area contributed by atoms with E-state index in [1.165, 1.54) is 35.4 Å². The number of anilines is 1. The van der Waals surface area contributed by atoms with E-state index in [1.54, 1.807) is 20.8 Å². The van der Waals surface area contributed by atoms with Gasteiger partial charge in [0.05, 0.1) is 23.7 Å². The van der Waals surface area contributed by atoms with Crippen LogP contribution in [0.1, 0.15) is 75.2 Å². The Bertz CT molecular complexity index is 1620. The molecule has 1 saturated heterocycles. The minimum absolute atomic E-state index is 0.100. The Morgan fingerprint density at radius 1 is 0.978 bits per heavy atom. The van der Waals surface area contributed by atoms with Crippen LogP contribution in [0, 0.1) is 0 Å². The first kappa shape index (κ1) is 32.0. The topological polar surface area (TPSA) is 123 Å². The maximum atomic E-state index is 14.8. The van der Waals surface area contributed by atoms with Crippen LogP contribution in [0.25, 0.3) is 11.0 Å². The molecule has 1 N–H and O–H groups in total. The molecule has 3 heterocycles. The van der Waals surface area contributed by atoms with Crippen LogP contribution in [0.2, 0.25) is 0 Å². The first-order valence-electron chi connectivity index (χ1n) is 14.7. The lowest BCUT2D eigenvalue weighted by Crippen LogP contribution is -2.52. The molecular formula is C31H33F4N5O5. The number of likely N-dealkylation sites (tertiary alicyclic amines) is 1. The van der Waals surface area contributed by atoms with Crippen molar-refractivity contribution in [2.75, 3.05) is 11.9 Å². The number of halogens is 4. The highest BCUT2D eigenvalue weighted by Gasteiger charge is 2.50. The van der Waals surface area contributed by atoms with E-state index in [4.69, 9.17) is 4.74 Å². The first-order chi connectivity index (χ1) is 21.1. The summed E-state index contributed by atoms with van der Waals surface area (Å²) in [4.78, 5) is 57.4. The lowest BCUT2D eigenvalue weighted by Gasteiger charge is -2.40. The van der Waals surface area contributed by atoms with Crippen molar-refractivity contribution in [1.82, 2.24) is 19.7 Å². The fraction of sp³-hybridized carbons (Fsp3) is 0.484. The zero-order valence-electron chi connectivity index (χ0n) is 25.0. The Hall–Kier alpha value is -4.36. The number of alkyl halides is 4. The van der Waals surface area contributed by atoms with Crippen LogP contribution in [-0.4, -0.2) is 73.9 Å². The molecule has 5 rings (SSSR count). The SMILES string of the molecule is CC(C)(C)OC(=O)n1ncc2nc(NC(=O)[C@H]3C[C@@H](F)CN3C(=O)C3(c4ccc(C(=O)C(F)(F)F)cc4)CCCCC3)ccc21. The Labute approximate surface area is 256 Å². The highest BCUT2D eigenvalue weighted by Crippen LogP contribution is 2.43. The Morgan fingerprint density at radius 2 is 1.64 bits per heavy atom. The molecule has 45 heavy (non-hydrogen) atoms. The van der Waals surface area contributed by atoms with E-state index in [2.05, 4.69) is 15.4 Å². The molecule has 0 radical (unpaired) electrons. The van der Waals surface area contributed by atoms with E-state index >= 15 is 0 Å². The number of amides is 2. The number of pyridine rings is 1. The molecule has 0 bridgehead atoms. The van der Waals surface area contributed by atoms with Gasteiger partial charge in [0.25, 0.3) is 5.78 Å². The number of Topliss-reactive ketones (excluding diaryl/α,β-unsaturated/α-hetero) is 1. The highest BCUT2D eigenvalue weighted by atomic mass is 19.4. The molecule has 14 heteroatoms. The van der Waals surface area contributed by atoms with Gasteiger partial charge in [-0.15, -0.1) is 0 Å². The van der Waals surface area contributed by atoms with Gasteiger partial charge in [0.1, 0.15) is 29.1 Å². The number of ketones is 1. The van der Waals surface area contributed by atoms with E-state index in [1.807, 2.05) is 0 Å². The number of hydrogen-bond acceptors (Lipinski definition) is 7. The number of carbonyl (C=O) groups excluding carboxylic acids is 4. The molecule has 0 spiro atoms. The van der Waals surface area contributed by atoms with Crippen LogP contribution in [-0.2, 0) is 19.7 Å². The lowest BCUT2D eigenvalue weighted by molar-refractivity contribution is -0.143. The van der Waals surface area contributed by atoms with E-state index < -0.39 is 58.7 Å². The molecule has 10 nitrogen and oxygen atoms in total. The molecule has 1 aliphatic heterocycles. The quantitative estimate of drug-likeness (QED) is 0.282. The van der Waals surface area contributed by atoms with Gasteiger partial charge in [0, 0.05) is 12.0 Å². The molecule has 2 amide bonds. The molecule has 3 aromatic rings. The van der Waals surface area contributed by atoms with Crippen LogP contribution in [0.15, 0.2) is 42.6 Å². The van der Waals surface area contributed by atoms with Gasteiger partial charge < -0.3 is 15.0 Å². The average Bonchev–Trinajstić information content (AvgIpc) is 3.59. The second-order valence-corrected chi connectivity index (χ2v) is 12.5. The van der Waals surface area contributed by atoms with Gasteiger partial charge in [0.2, 0.25) is 11.8 Å². The van der Waals surface area contributed by atoms with Crippen molar-refractivity contribution in [3.8, 4) is 0 Å². The molecule has 0 unspecified atom stereocenters. The van der Waals surface area contributed by atoms with Crippen molar-refractivity contribution >= 4 is 40.5 Å². The molecule has 2 atom stereocenters. The summed E-state index contributed by atoms with van der Waals surface area (Å²) < 4.78 is 60.1. The lowest BCUT2D eigenvalue weighted by atomic mass is 9.68. The molecule has 1 aliphatic carbocycles. The fourth-order valence-electron chi connectivity index (χ4n) is 6.06. The second-order valence-electron chi connectivity index (χ2n) is 12.5. The zero-order chi connectivity index (χ0) is 32.7. The number of hydrogen-bond donors (Lipinski definition) is 1. The van der Waals surface area contributed by atoms with E-state index in [0.29, 0.717) is 36.8 Å². The Kier molecular flexibility index (Phi) is 8.45. The third-order valence-corrected chi connectivity index (χ3v) is 8.13. The van der Waals surface area contributed by atoms with Gasteiger partial charge in [-0.25, -0.2) is 14.2 Å². The number of rotatable bonds is 5. The van der Waals surface area contributed by atoms with Gasteiger partial charge >= 0.3 is 12.3 Å². The highest BCUT2D eigenvalue weighted by molar-refractivity contribution is 6.01. The third-order valence-electron chi connectivity index (χ3n) is 8.13. The van der Waals surface area contributed by atoms with Gasteiger partial charge in [-0.05, 0) is 51.3 Å². The average molecular weight is 632 g/mol. The summed E-state index contributed by atoms with van der Waals surface area (Å²) in [5.41, 5.74) is -1.44. The summed E-state index contributed by atoms with van der Waals surface area (Å²) in [6.45, 7) is 4.83. The predicted molar refractivity (Wildman–Crippen MR) is 154 cm³/mol. The summed E-state index contributed by atoms with van der Waals surface area (Å²) in [5, 5.41) is 6.67. The number of nitrogens with zero attached hydrogens (tertiary/aromatic N) is 4. The molecule has 1 aromatic carbocycles. The van der Waals surface area contributed by atoms with Crippen LogP contribution >= 0.6 is 0 Å². The molecule has 240 valence electrons. The van der Waals surface area contributed by atoms with Crippen molar-refractivity contribution in [3.63, 3.8) is 0 Å². The minimum atomic E-state index is -5.04. The molecule has 1 saturated carbocycles. The Morgan fingerprint density at radius 3 is 2.27 bits per heavy atom. The summed E-state index contributed by atoms with van der Waals surface area (Å²) in [6.07, 6.45) is -3.26. The van der Waals surface area contributed by atoms with Crippen LogP contribution in [0.5, 0.6) is 0 Å². The predicted octanol–water partition coefficient (Wildman–Crippen LogP) is 5.74. The van der Waals surface area contributed by atoms with Gasteiger partial charge in [-0.3, -0.25) is 14.4 Å². The van der Waals surface area contributed by atoms with Crippen LogP contribution < -0.4 is 5.32 Å². The van der Waals surface area contributed by atoms with Crippen molar-refractivity contribution in [1.29, 1.82) is 0 Å². The number of nitrogens with one attached hydrogen (secondary N) is 1. The largest absolute Gasteiger partial charge is 0.454 e. The molecule has 2 fully saturated rings. The summed E-state index contributed by atoms with van der Waals surface area (Å²) >= 11 is 0. The number of aromatic nitrogens is 3. The van der Waals surface area contributed by atoms with Crippen molar-refractivity contribution in [3.05, 3.63) is 53.7 Å². The maximum Gasteiger partial charge on any atom is 0.454 e. The molecule has 2 aliphatic rings. The second kappa shape index (κ2) is 11.9. The summed E-state index contributed by atoms with van der Waals surface area (Å²) in [5.74, 6) is -3.03. The fourth-order valence-corrected chi connectivity index (χ4v) is 6.06. The molecule has 2 aromatic heterocycles. The number of fused-ring (bicyclic) bond motifs is 1. The van der Waals surface area contributed by atoms with Crippen molar-refractivity contribution < 1.29 is 41.5 Å². The summed E-state index contributed by atoms with van der Waals surface area (Å²) in [6, 6.07) is 6.59. The Balaban J connectivity index is 1.37. The van der Waals surface area contributed by atoms with Crippen molar-refractivity contribution in [2.24, 2.45) is 0 Å². The molecular weight excluding hydrogens is 598 g/mol. The van der Waals surface area contributed by atoms with Gasteiger partial charge in [0.15, 0.2) is 0 Å². The first-order valence-corrected chi connectivity index (χ1v) is 14.7. The van der Waals surface area contributed by atoms with Gasteiger partial charge in [-0.1, -0.05) is 43.5 Å². The zero-order valence-corrected chi connectivity index (χ0v) is 25.0. The number of ether oxygens (including phenoxy) is 1. The van der Waals surface area contributed by atoms with E-state index in [-0.39, 0.29) is 24.3 Å². The van der Waals surface area contributed by atoms with Crippen LogP contribution in [0.4, 0.5) is 28.2 Å². The normalized spacial score (nSPS) is 20.2. The smallest absolute Gasteiger partial charge is 0.442 e. The van der Waals surface area contributed by atoms with Gasteiger partial charge in [-0.2, -0.15) is 23.0 Å². The van der Waals surface area contributed by atoms with E-state index in [9.17, 15) is 36.7 Å². The van der Waals surface area contributed by atoms with E-state index in [0.717, 1.165) is 23.2 Å². The summed E-state index contributed by atoms with van der Waals surface area (Å²) in [7, 11) is 0. The minimum Gasteiger partial charge on any atom is -0.442 e. The third kappa shape index (κ3) is 6.54. The maximum absolute atomic E-state index is 14.8. The number of benzene rings is 1. The number of carbonyl (C=O) groups is 4. The van der Waals surface area contributed by atoms with Crippen LogP contribution in [0.3, 0.4) is 0 Å².